The van der Waals surface area contributed by atoms with E-state index in [1.807, 2.05) is 31.2 Å². The smallest absolute Gasteiger partial charge is 0.263 e. The number of rotatable bonds is 5. The van der Waals surface area contributed by atoms with Gasteiger partial charge in [0.15, 0.2) is 16.6 Å². The zero-order valence-corrected chi connectivity index (χ0v) is 13.7. The van der Waals surface area contributed by atoms with Crippen molar-refractivity contribution in [1.82, 2.24) is 10.3 Å². The van der Waals surface area contributed by atoms with E-state index >= 15 is 0 Å². The number of nitrogens with one attached hydrogen (secondary N) is 1. The molecule has 1 atom stereocenters. The summed E-state index contributed by atoms with van der Waals surface area (Å²) < 4.78 is 11.5. The van der Waals surface area contributed by atoms with Crippen molar-refractivity contribution in [2.75, 3.05) is 18.9 Å². The zero-order chi connectivity index (χ0) is 16.2. The minimum Gasteiger partial charge on any atom is -0.486 e. The number of aryl methyl sites for hydroxylation is 1. The molecule has 3 rings (SSSR count). The molecule has 1 aliphatic heterocycles. The number of hydrogen-bond donors (Lipinski definition) is 2. The molecular formula is C16H19N3O3S. The number of nitrogen functional groups attached to an aromatic ring is 1. The molecular weight excluding hydrogens is 314 g/mol. The van der Waals surface area contributed by atoms with E-state index in [0.29, 0.717) is 36.0 Å². The molecule has 1 aliphatic rings. The van der Waals surface area contributed by atoms with Gasteiger partial charge in [-0.1, -0.05) is 30.4 Å². The first-order chi connectivity index (χ1) is 11.2. The third kappa shape index (κ3) is 3.56. The zero-order valence-electron chi connectivity index (χ0n) is 12.9. The first kappa shape index (κ1) is 15.6. The van der Waals surface area contributed by atoms with E-state index in [-0.39, 0.29) is 12.0 Å². The predicted octanol–water partition coefficient (Wildman–Crippen LogP) is 2.25. The fourth-order valence-electron chi connectivity index (χ4n) is 2.42. The molecule has 7 heteroatoms. The highest BCUT2D eigenvalue weighted by molar-refractivity contribution is 7.17. The number of thiazole rings is 1. The summed E-state index contributed by atoms with van der Waals surface area (Å²) in [5, 5.41) is 3.32. The second kappa shape index (κ2) is 6.87. The number of aromatic nitrogens is 1. The lowest BCUT2D eigenvalue weighted by atomic mass is 10.2. The molecule has 0 radical (unpaired) electrons. The third-order valence-corrected chi connectivity index (χ3v) is 4.50. The molecule has 1 amide bonds. The van der Waals surface area contributed by atoms with Gasteiger partial charge in [0.25, 0.3) is 5.91 Å². The van der Waals surface area contributed by atoms with Crippen molar-refractivity contribution in [2.45, 2.75) is 25.9 Å². The van der Waals surface area contributed by atoms with Crippen LogP contribution in [0, 0.1) is 0 Å². The van der Waals surface area contributed by atoms with Gasteiger partial charge >= 0.3 is 0 Å². The average molecular weight is 333 g/mol. The summed E-state index contributed by atoms with van der Waals surface area (Å²) in [5.41, 5.74) is 6.42. The lowest BCUT2D eigenvalue weighted by molar-refractivity contribution is 0.0813. The summed E-state index contributed by atoms with van der Waals surface area (Å²) in [6, 6.07) is 7.59. The van der Waals surface area contributed by atoms with E-state index in [9.17, 15) is 4.79 Å². The van der Waals surface area contributed by atoms with E-state index in [1.165, 1.54) is 11.3 Å². The molecule has 1 aromatic heterocycles. The minimum atomic E-state index is -0.131. The Morgan fingerprint density at radius 3 is 3.00 bits per heavy atom. The molecule has 0 saturated carbocycles. The van der Waals surface area contributed by atoms with Crippen LogP contribution in [0.3, 0.4) is 0 Å². The summed E-state index contributed by atoms with van der Waals surface area (Å²) in [5.74, 6) is 1.38. The summed E-state index contributed by atoms with van der Waals surface area (Å²) in [4.78, 5) is 17.0. The molecule has 6 nitrogen and oxygen atoms in total. The van der Waals surface area contributed by atoms with Crippen molar-refractivity contribution in [3.63, 3.8) is 0 Å². The molecule has 3 N–H and O–H groups in total. The number of fused-ring (bicyclic) bond motifs is 1. The first-order valence-corrected chi connectivity index (χ1v) is 8.41. The fraction of sp³-hybridized carbons (Fsp3) is 0.375. The summed E-state index contributed by atoms with van der Waals surface area (Å²) in [6.07, 6.45) is 1.30. The van der Waals surface area contributed by atoms with Crippen LogP contribution in [-0.4, -0.2) is 30.1 Å². The van der Waals surface area contributed by atoms with E-state index in [0.717, 1.165) is 17.2 Å². The normalized spacial score (nSPS) is 16.1. The monoisotopic (exact) mass is 333 g/mol. The van der Waals surface area contributed by atoms with Crippen molar-refractivity contribution >= 4 is 22.4 Å². The summed E-state index contributed by atoms with van der Waals surface area (Å²) in [7, 11) is 0. The Balaban J connectivity index is 1.51. The van der Waals surface area contributed by atoms with Crippen molar-refractivity contribution in [1.29, 1.82) is 0 Å². The topological polar surface area (TPSA) is 86.5 Å². The van der Waals surface area contributed by atoms with Gasteiger partial charge in [-0.05, 0) is 18.6 Å². The number of nitrogens with zero attached hydrogens (tertiary/aromatic N) is 1. The van der Waals surface area contributed by atoms with E-state index in [2.05, 4.69) is 10.3 Å². The molecule has 122 valence electrons. The molecule has 0 saturated heterocycles. The Morgan fingerprint density at radius 2 is 2.22 bits per heavy atom. The Labute approximate surface area is 138 Å². The van der Waals surface area contributed by atoms with Gasteiger partial charge < -0.3 is 20.5 Å². The highest BCUT2D eigenvalue weighted by atomic mass is 32.1. The number of ether oxygens (including phenoxy) is 2. The van der Waals surface area contributed by atoms with Crippen molar-refractivity contribution in [3.8, 4) is 11.5 Å². The first-order valence-electron chi connectivity index (χ1n) is 7.59. The lowest BCUT2D eigenvalue weighted by Crippen LogP contribution is -2.34. The van der Waals surface area contributed by atoms with Crippen LogP contribution in [0.15, 0.2) is 24.3 Å². The third-order valence-electron chi connectivity index (χ3n) is 3.57. The molecule has 0 bridgehead atoms. The fourth-order valence-corrected chi connectivity index (χ4v) is 3.26. The van der Waals surface area contributed by atoms with Gasteiger partial charge in [0.1, 0.15) is 17.6 Å². The predicted molar refractivity (Wildman–Crippen MR) is 89.2 cm³/mol. The highest BCUT2D eigenvalue weighted by Gasteiger charge is 2.21. The summed E-state index contributed by atoms with van der Waals surface area (Å²) >= 11 is 1.22. The van der Waals surface area contributed by atoms with E-state index in [1.54, 1.807) is 0 Å². The number of anilines is 1. The number of amides is 1. The Kier molecular flexibility index (Phi) is 4.66. The van der Waals surface area contributed by atoms with Crippen LogP contribution in [0.5, 0.6) is 11.5 Å². The number of carbonyl (C=O) groups is 1. The van der Waals surface area contributed by atoms with Crippen LogP contribution < -0.4 is 20.5 Å². The molecule has 1 unspecified atom stereocenters. The average Bonchev–Trinajstić information content (AvgIpc) is 2.96. The molecule has 0 fully saturated rings. The highest BCUT2D eigenvalue weighted by Crippen LogP contribution is 2.31. The van der Waals surface area contributed by atoms with Crippen molar-refractivity contribution in [2.24, 2.45) is 0 Å². The van der Waals surface area contributed by atoms with Gasteiger partial charge in [-0.2, -0.15) is 0 Å². The Bertz CT molecular complexity index is 702. The van der Waals surface area contributed by atoms with Crippen LogP contribution in [0.1, 0.15) is 28.7 Å². The molecule has 1 aromatic carbocycles. The van der Waals surface area contributed by atoms with E-state index < -0.39 is 0 Å². The SMILES string of the molecule is CCc1nc(N)sc1C(=O)NCCC1COc2ccccc2O1. The maximum absolute atomic E-state index is 12.2. The van der Waals surface area contributed by atoms with Crippen molar-refractivity contribution < 1.29 is 14.3 Å². The molecule has 2 heterocycles. The van der Waals surface area contributed by atoms with Crippen LogP contribution in [0.25, 0.3) is 0 Å². The second-order valence-electron chi connectivity index (χ2n) is 5.22. The molecule has 0 spiro atoms. The van der Waals surface area contributed by atoms with E-state index in [4.69, 9.17) is 15.2 Å². The van der Waals surface area contributed by atoms with Gasteiger partial charge in [-0.15, -0.1) is 0 Å². The van der Waals surface area contributed by atoms with Gasteiger partial charge in [0.2, 0.25) is 0 Å². The second-order valence-corrected chi connectivity index (χ2v) is 6.25. The Morgan fingerprint density at radius 1 is 1.43 bits per heavy atom. The maximum Gasteiger partial charge on any atom is 0.263 e. The van der Waals surface area contributed by atoms with Crippen LogP contribution in [0.2, 0.25) is 0 Å². The lowest BCUT2D eigenvalue weighted by Gasteiger charge is -2.26. The summed E-state index contributed by atoms with van der Waals surface area (Å²) in [6.45, 7) is 2.95. The van der Waals surface area contributed by atoms with Crippen LogP contribution in [0.4, 0.5) is 5.13 Å². The minimum absolute atomic E-state index is 0.0672. The standard InChI is InChI=1S/C16H19N3O3S/c1-2-11-14(23-16(17)19-11)15(20)18-8-7-10-9-21-12-5-3-4-6-13(12)22-10/h3-6,10H,2,7-9H2,1H3,(H2,17,19)(H,18,20). The number of carbonyl (C=O) groups excluding carboxylic acids is 1. The number of benzene rings is 1. The number of nitrogens with two attached hydrogens (primary N) is 1. The van der Waals surface area contributed by atoms with Crippen LogP contribution in [-0.2, 0) is 6.42 Å². The molecule has 2 aromatic rings. The largest absolute Gasteiger partial charge is 0.486 e. The van der Waals surface area contributed by atoms with Crippen molar-refractivity contribution in [3.05, 3.63) is 34.8 Å². The quantitative estimate of drug-likeness (QED) is 0.876. The van der Waals surface area contributed by atoms with Gasteiger partial charge in [0, 0.05) is 13.0 Å². The Hall–Kier alpha value is -2.28. The number of hydrogen-bond acceptors (Lipinski definition) is 6. The van der Waals surface area contributed by atoms with Gasteiger partial charge in [-0.25, -0.2) is 4.98 Å². The molecule has 0 aliphatic carbocycles. The maximum atomic E-state index is 12.2. The van der Waals surface area contributed by atoms with Gasteiger partial charge in [0.05, 0.1) is 5.69 Å². The van der Waals surface area contributed by atoms with Crippen LogP contribution >= 0.6 is 11.3 Å². The van der Waals surface area contributed by atoms with Gasteiger partial charge in [-0.3, -0.25) is 4.79 Å². The number of para-hydroxylation sites is 2. The molecule has 23 heavy (non-hydrogen) atoms.